The minimum Gasteiger partial charge on any atom is -0.379 e. The second-order valence-electron chi connectivity index (χ2n) is 8.83. The molecule has 12 heteroatoms. The van der Waals surface area contributed by atoms with Crippen LogP contribution in [0.15, 0.2) is 43.0 Å². The van der Waals surface area contributed by atoms with Crippen LogP contribution in [-0.2, 0) is 9.53 Å². The molecule has 2 saturated heterocycles. The first-order chi connectivity index (χ1) is 18.1. The van der Waals surface area contributed by atoms with E-state index in [9.17, 15) is 14.4 Å². The predicted octanol–water partition coefficient (Wildman–Crippen LogP) is 2.37. The summed E-state index contributed by atoms with van der Waals surface area (Å²) in [6.07, 6.45) is 5.92. The van der Waals surface area contributed by atoms with E-state index in [1.165, 1.54) is 0 Å². The highest BCUT2D eigenvalue weighted by atomic mass is 19.1. The van der Waals surface area contributed by atoms with Gasteiger partial charge in [0.15, 0.2) is 0 Å². The smallest absolute Gasteiger partial charge is 0.238 e. The van der Waals surface area contributed by atoms with E-state index in [0.29, 0.717) is 66.1 Å². The molecule has 0 radical (unpaired) electrons. The zero-order valence-corrected chi connectivity index (χ0v) is 20.1. The Balaban J connectivity index is 1.27. The number of amides is 1. The normalized spacial score (nSPS) is 17.8. The van der Waals surface area contributed by atoms with Crippen molar-refractivity contribution in [2.24, 2.45) is 0 Å². The monoisotopic (exact) mass is 503 g/mol. The molecule has 1 atom stereocenters. The Labute approximate surface area is 213 Å². The van der Waals surface area contributed by atoms with Crippen LogP contribution in [-0.4, -0.2) is 82.9 Å². The molecule has 3 aromatic rings. The Bertz CT molecular complexity index is 1310. The summed E-state index contributed by atoms with van der Waals surface area (Å²) in [5.41, 5.74) is 2.73. The molecule has 0 spiro atoms. The molecule has 2 aliphatic rings. The van der Waals surface area contributed by atoms with Crippen LogP contribution in [0.3, 0.4) is 0 Å². The van der Waals surface area contributed by atoms with Crippen molar-refractivity contribution in [1.82, 2.24) is 24.8 Å². The van der Waals surface area contributed by atoms with Crippen LogP contribution in [0.5, 0.6) is 0 Å². The lowest BCUT2D eigenvalue weighted by Crippen LogP contribution is -2.41. The number of aromatic nitrogens is 4. The zero-order valence-electron chi connectivity index (χ0n) is 20.1. The maximum Gasteiger partial charge on any atom is 0.238 e. The lowest BCUT2D eigenvalue weighted by molar-refractivity contribution is -0.118. The number of nitriles is 1. The predicted molar refractivity (Wildman–Crippen MR) is 135 cm³/mol. The van der Waals surface area contributed by atoms with Gasteiger partial charge < -0.3 is 20.3 Å². The summed E-state index contributed by atoms with van der Waals surface area (Å²) in [7, 11) is 0. The fourth-order valence-electron chi connectivity index (χ4n) is 4.29. The van der Waals surface area contributed by atoms with Gasteiger partial charge in [-0.05, 0) is 24.6 Å². The largest absolute Gasteiger partial charge is 0.379 e. The van der Waals surface area contributed by atoms with E-state index in [4.69, 9.17) is 4.74 Å². The number of ether oxygens (including phenoxy) is 1. The summed E-state index contributed by atoms with van der Waals surface area (Å²) in [6, 6.07) is 7.33. The number of nitrogens with one attached hydrogen (secondary N) is 2. The molecular weight excluding hydrogens is 477 g/mol. The molecule has 2 aliphatic heterocycles. The third-order valence-corrected chi connectivity index (χ3v) is 6.12. The summed E-state index contributed by atoms with van der Waals surface area (Å²) in [6.45, 7) is 3.77. The Morgan fingerprint density at radius 3 is 2.78 bits per heavy atom. The lowest BCUT2D eigenvalue weighted by Gasteiger charge is -2.25. The Morgan fingerprint density at radius 2 is 2.00 bits per heavy atom. The van der Waals surface area contributed by atoms with E-state index in [0.717, 1.165) is 13.1 Å². The number of alkyl halides is 1. The second kappa shape index (κ2) is 11.2. The molecule has 3 aromatic heterocycles. The average molecular weight is 504 g/mol. The summed E-state index contributed by atoms with van der Waals surface area (Å²) >= 11 is 0. The fraction of sp³-hybridized carbons (Fsp3) is 0.360. The second-order valence-corrected chi connectivity index (χ2v) is 8.83. The van der Waals surface area contributed by atoms with Gasteiger partial charge in [0.2, 0.25) is 11.9 Å². The molecule has 11 nitrogen and oxygen atoms in total. The molecule has 5 heterocycles. The molecule has 2 N–H and O–H groups in total. The zero-order chi connectivity index (χ0) is 25.6. The van der Waals surface area contributed by atoms with Gasteiger partial charge in [-0.2, -0.15) is 5.26 Å². The minimum atomic E-state index is -0.908. The number of halogens is 1. The standard InChI is InChI=1S/C25H26FN9O2/c26-19-2-4-35(15-19)24-17(11-27)9-18(12-30-24)22-1-3-29-25(33-22)32-21-10-20(13-28-14-21)31-23(36)16-34-5-7-37-8-6-34/h1,3,9-10,12-14,19H,2,4-8,15-16H2,(H,31,36)(H,29,32,33). The van der Waals surface area contributed by atoms with Crippen molar-refractivity contribution >= 4 is 29.0 Å². The third-order valence-electron chi connectivity index (χ3n) is 6.12. The van der Waals surface area contributed by atoms with E-state index in [1.807, 2.05) is 4.90 Å². The fourth-order valence-corrected chi connectivity index (χ4v) is 4.29. The summed E-state index contributed by atoms with van der Waals surface area (Å²) in [5, 5.41) is 15.6. The molecule has 190 valence electrons. The Morgan fingerprint density at radius 1 is 1.16 bits per heavy atom. The first kappa shape index (κ1) is 24.5. The number of rotatable bonds is 7. The number of pyridine rings is 2. The number of hydrogen-bond donors (Lipinski definition) is 2. The van der Waals surface area contributed by atoms with Crippen LogP contribution in [0.25, 0.3) is 11.3 Å². The molecule has 0 aliphatic carbocycles. The van der Waals surface area contributed by atoms with Gasteiger partial charge in [0.1, 0.15) is 18.1 Å². The van der Waals surface area contributed by atoms with Crippen LogP contribution in [0.2, 0.25) is 0 Å². The van der Waals surface area contributed by atoms with Crippen molar-refractivity contribution in [3.63, 3.8) is 0 Å². The number of morpholine rings is 1. The SMILES string of the molecule is N#Cc1cc(-c2ccnc(Nc3cncc(NC(=O)CN4CCOCC4)c3)n2)cnc1N1CCC(F)C1. The van der Waals surface area contributed by atoms with Crippen molar-refractivity contribution < 1.29 is 13.9 Å². The number of anilines is 4. The minimum absolute atomic E-state index is 0.126. The molecule has 5 rings (SSSR count). The highest BCUT2D eigenvalue weighted by Crippen LogP contribution is 2.27. The van der Waals surface area contributed by atoms with Gasteiger partial charge in [0.25, 0.3) is 0 Å². The number of carbonyl (C=O) groups excluding carboxylic acids is 1. The molecule has 2 fully saturated rings. The molecule has 0 bridgehead atoms. The lowest BCUT2D eigenvalue weighted by atomic mass is 10.1. The Kier molecular flexibility index (Phi) is 7.43. The van der Waals surface area contributed by atoms with Gasteiger partial charge in [-0.15, -0.1) is 0 Å². The van der Waals surface area contributed by atoms with Crippen molar-refractivity contribution in [3.05, 3.63) is 48.5 Å². The quantitative estimate of drug-likeness (QED) is 0.495. The molecule has 0 aromatic carbocycles. The van der Waals surface area contributed by atoms with Crippen molar-refractivity contribution in [1.29, 1.82) is 5.26 Å². The van der Waals surface area contributed by atoms with E-state index in [1.54, 1.807) is 47.9 Å². The average Bonchev–Trinajstić information content (AvgIpc) is 3.35. The van der Waals surface area contributed by atoms with Crippen LogP contribution < -0.4 is 15.5 Å². The van der Waals surface area contributed by atoms with Crippen LogP contribution in [0, 0.1) is 11.3 Å². The number of nitrogens with zero attached hydrogens (tertiary/aromatic N) is 7. The van der Waals surface area contributed by atoms with Gasteiger partial charge in [-0.3, -0.25) is 14.7 Å². The Hall–Kier alpha value is -4.21. The van der Waals surface area contributed by atoms with Crippen LogP contribution >= 0.6 is 0 Å². The van der Waals surface area contributed by atoms with Crippen LogP contribution in [0.4, 0.5) is 27.5 Å². The summed E-state index contributed by atoms with van der Waals surface area (Å²) in [4.78, 5) is 33.7. The highest BCUT2D eigenvalue weighted by Gasteiger charge is 2.25. The third kappa shape index (κ3) is 6.14. The molecule has 1 amide bonds. The maximum absolute atomic E-state index is 13.6. The summed E-state index contributed by atoms with van der Waals surface area (Å²) < 4.78 is 19.0. The van der Waals surface area contributed by atoms with Gasteiger partial charge in [0, 0.05) is 37.6 Å². The van der Waals surface area contributed by atoms with E-state index in [2.05, 4.69) is 36.6 Å². The van der Waals surface area contributed by atoms with Crippen molar-refractivity contribution in [2.45, 2.75) is 12.6 Å². The molecule has 37 heavy (non-hydrogen) atoms. The van der Waals surface area contributed by atoms with E-state index >= 15 is 0 Å². The highest BCUT2D eigenvalue weighted by molar-refractivity contribution is 5.92. The molecule has 1 unspecified atom stereocenters. The first-order valence-electron chi connectivity index (χ1n) is 12.0. The van der Waals surface area contributed by atoms with Gasteiger partial charge in [-0.1, -0.05) is 0 Å². The molecular formula is C25H26FN9O2. The van der Waals surface area contributed by atoms with E-state index in [-0.39, 0.29) is 19.0 Å². The van der Waals surface area contributed by atoms with Crippen molar-refractivity contribution in [3.8, 4) is 17.3 Å². The first-order valence-corrected chi connectivity index (χ1v) is 12.0. The number of hydrogen-bond acceptors (Lipinski definition) is 10. The van der Waals surface area contributed by atoms with Crippen LogP contribution in [0.1, 0.15) is 12.0 Å². The van der Waals surface area contributed by atoms with Gasteiger partial charge in [0.05, 0.1) is 61.3 Å². The topological polar surface area (TPSA) is 132 Å². The maximum atomic E-state index is 13.6. The summed E-state index contributed by atoms with van der Waals surface area (Å²) in [5.74, 6) is 0.676. The molecule has 0 saturated carbocycles. The number of carbonyl (C=O) groups is 1. The van der Waals surface area contributed by atoms with Gasteiger partial charge in [-0.25, -0.2) is 19.3 Å². The van der Waals surface area contributed by atoms with Gasteiger partial charge >= 0.3 is 0 Å². The van der Waals surface area contributed by atoms with E-state index < -0.39 is 6.17 Å². The van der Waals surface area contributed by atoms with Crippen molar-refractivity contribution in [2.75, 3.05) is 61.5 Å².